The van der Waals surface area contributed by atoms with E-state index in [2.05, 4.69) is 34.4 Å². The van der Waals surface area contributed by atoms with Crippen LogP contribution in [0.25, 0.3) is 0 Å². The summed E-state index contributed by atoms with van der Waals surface area (Å²) in [6.07, 6.45) is 5.40. The lowest BCUT2D eigenvalue weighted by Crippen LogP contribution is -2.40. The van der Waals surface area contributed by atoms with Crippen molar-refractivity contribution in [2.24, 2.45) is 5.92 Å². The molecular weight excluding hydrogens is 286 g/mol. The molecule has 2 heterocycles. The van der Waals surface area contributed by atoms with Gasteiger partial charge >= 0.3 is 0 Å². The number of hydrogen-bond acceptors (Lipinski definition) is 3. The Morgan fingerprint density at radius 3 is 2.35 bits per heavy atom. The summed E-state index contributed by atoms with van der Waals surface area (Å²) < 4.78 is 0. The zero-order valence-corrected chi connectivity index (χ0v) is 13.5. The summed E-state index contributed by atoms with van der Waals surface area (Å²) in [6.45, 7) is 1.98. The van der Waals surface area contributed by atoms with Crippen molar-refractivity contribution >= 4 is 5.91 Å². The van der Waals surface area contributed by atoms with Crippen LogP contribution in [0.4, 0.5) is 0 Å². The highest BCUT2D eigenvalue weighted by Crippen LogP contribution is 2.23. The lowest BCUT2D eigenvalue weighted by molar-refractivity contribution is -0.126. The third-order valence-electron chi connectivity index (χ3n) is 4.55. The van der Waals surface area contributed by atoms with Crippen molar-refractivity contribution in [1.29, 1.82) is 0 Å². The Morgan fingerprint density at radius 1 is 1.09 bits per heavy atom. The van der Waals surface area contributed by atoms with Crippen LogP contribution in [0.2, 0.25) is 0 Å². The predicted molar refractivity (Wildman–Crippen MR) is 90.9 cm³/mol. The Kier molecular flexibility index (Phi) is 5.03. The molecule has 1 fully saturated rings. The number of hydrogen-bond donors (Lipinski definition) is 1. The summed E-state index contributed by atoms with van der Waals surface area (Å²) >= 11 is 0. The van der Waals surface area contributed by atoms with Crippen LogP contribution < -0.4 is 5.32 Å². The maximum Gasteiger partial charge on any atom is 0.223 e. The molecule has 0 bridgehead atoms. The number of likely N-dealkylation sites (tertiary alicyclic amines) is 1. The average Bonchev–Trinajstić information content (AvgIpc) is 2.61. The van der Waals surface area contributed by atoms with E-state index in [4.69, 9.17) is 0 Å². The van der Waals surface area contributed by atoms with Crippen LogP contribution in [0.5, 0.6) is 0 Å². The van der Waals surface area contributed by atoms with Gasteiger partial charge in [0.15, 0.2) is 0 Å². The molecule has 4 heteroatoms. The summed E-state index contributed by atoms with van der Waals surface area (Å²) in [5, 5.41) is 3.25. The zero-order chi connectivity index (χ0) is 16.1. The number of nitrogens with one attached hydrogen (secondary N) is 1. The fourth-order valence-electron chi connectivity index (χ4n) is 3.09. The van der Waals surface area contributed by atoms with Gasteiger partial charge in [0, 0.05) is 18.3 Å². The maximum absolute atomic E-state index is 12.7. The lowest BCUT2D eigenvalue weighted by atomic mass is 9.94. The van der Waals surface area contributed by atoms with Gasteiger partial charge in [-0.15, -0.1) is 0 Å². The van der Waals surface area contributed by atoms with Crippen LogP contribution in [-0.2, 0) is 4.79 Å². The molecule has 2 aromatic rings. The van der Waals surface area contributed by atoms with Gasteiger partial charge in [-0.2, -0.15) is 0 Å². The van der Waals surface area contributed by atoms with E-state index in [-0.39, 0.29) is 17.9 Å². The fraction of sp³-hybridized carbons (Fsp3) is 0.368. The Morgan fingerprint density at radius 2 is 1.70 bits per heavy atom. The van der Waals surface area contributed by atoms with Crippen molar-refractivity contribution in [3.63, 3.8) is 0 Å². The van der Waals surface area contributed by atoms with Crippen molar-refractivity contribution in [3.8, 4) is 0 Å². The topological polar surface area (TPSA) is 45.2 Å². The van der Waals surface area contributed by atoms with E-state index < -0.39 is 0 Å². The van der Waals surface area contributed by atoms with E-state index in [1.165, 1.54) is 0 Å². The molecule has 1 aromatic carbocycles. The highest BCUT2D eigenvalue weighted by Gasteiger charge is 2.26. The van der Waals surface area contributed by atoms with Gasteiger partial charge in [-0.3, -0.25) is 9.78 Å². The summed E-state index contributed by atoms with van der Waals surface area (Å²) in [4.78, 5) is 19.1. The number of carbonyl (C=O) groups is 1. The number of amides is 1. The van der Waals surface area contributed by atoms with Gasteiger partial charge in [-0.25, -0.2) is 0 Å². The Bertz CT molecular complexity index is 582. The molecule has 0 spiro atoms. The molecule has 23 heavy (non-hydrogen) atoms. The zero-order valence-electron chi connectivity index (χ0n) is 13.5. The molecule has 120 valence electrons. The molecule has 1 aromatic heterocycles. The lowest BCUT2D eigenvalue weighted by Gasteiger charge is -2.30. The first-order chi connectivity index (χ1) is 11.2. The Hall–Kier alpha value is -2.20. The molecule has 1 saturated heterocycles. The molecule has 1 aliphatic heterocycles. The first kappa shape index (κ1) is 15.7. The second-order valence-corrected chi connectivity index (χ2v) is 6.21. The van der Waals surface area contributed by atoms with Gasteiger partial charge in [0.1, 0.15) is 0 Å². The maximum atomic E-state index is 12.7. The largest absolute Gasteiger partial charge is 0.345 e. The van der Waals surface area contributed by atoms with Crippen molar-refractivity contribution in [2.45, 2.75) is 18.9 Å². The average molecular weight is 309 g/mol. The molecule has 1 aliphatic rings. The molecule has 0 radical (unpaired) electrons. The second-order valence-electron chi connectivity index (χ2n) is 6.21. The summed E-state index contributed by atoms with van der Waals surface area (Å²) in [6, 6.07) is 13.9. The number of carbonyl (C=O) groups excluding carboxylic acids is 1. The van der Waals surface area contributed by atoms with Gasteiger partial charge in [0.2, 0.25) is 5.91 Å². The molecule has 1 atom stereocenters. The highest BCUT2D eigenvalue weighted by atomic mass is 16.1. The van der Waals surface area contributed by atoms with Crippen molar-refractivity contribution in [2.75, 3.05) is 20.1 Å². The molecule has 3 rings (SSSR count). The van der Waals surface area contributed by atoms with E-state index in [9.17, 15) is 4.79 Å². The Labute approximate surface area is 137 Å². The second kappa shape index (κ2) is 7.38. The molecule has 0 saturated carbocycles. The van der Waals surface area contributed by atoms with Crippen molar-refractivity contribution < 1.29 is 4.79 Å². The smallest absolute Gasteiger partial charge is 0.223 e. The standard InChI is InChI=1S/C19H23N3O/c1-22-13-9-17(10-14-22)19(23)21-18(15-5-3-2-4-6-15)16-7-11-20-12-8-16/h2-8,11-12,17-18H,9-10,13-14H2,1H3,(H,21,23). The van der Waals surface area contributed by atoms with Gasteiger partial charge in [0.05, 0.1) is 6.04 Å². The van der Waals surface area contributed by atoms with Crippen LogP contribution in [0.3, 0.4) is 0 Å². The summed E-state index contributed by atoms with van der Waals surface area (Å²) in [5.74, 6) is 0.267. The molecule has 1 amide bonds. The third-order valence-corrected chi connectivity index (χ3v) is 4.55. The van der Waals surface area contributed by atoms with Gasteiger partial charge in [0.25, 0.3) is 0 Å². The van der Waals surface area contributed by atoms with Crippen LogP contribution >= 0.6 is 0 Å². The van der Waals surface area contributed by atoms with Crippen molar-refractivity contribution in [1.82, 2.24) is 15.2 Å². The normalized spacial score (nSPS) is 17.6. The minimum Gasteiger partial charge on any atom is -0.345 e. The number of benzene rings is 1. The van der Waals surface area contributed by atoms with E-state index in [0.717, 1.165) is 37.1 Å². The van der Waals surface area contributed by atoms with Crippen molar-refractivity contribution in [3.05, 3.63) is 66.0 Å². The van der Waals surface area contributed by atoms with Crippen LogP contribution in [0, 0.1) is 5.92 Å². The summed E-state index contributed by atoms with van der Waals surface area (Å²) in [7, 11) is 2.11. The number of pyridine rings is 1. The van der Waals surface area contributed by atoms with E-state index in [1.807, 2.05) is 30.3 Å². The highest BCUT2D eigenvalue weighted by molar-refractivity contribution is 5.79. The third kappa shape index (κ3) is 3.96. The molecule has 4 nitrogen and oxygen atoms in total. The first-order valence-electron chi connectivity index (χ1n) is 8.18. The summed E-state index contributed by atoms with van der Waals surface area (Å²) in [5.41, 5.74) is 2.16. The van der Waals surface area contributed by atoms with E-state index in [1.54, 1.807) is 12.4 Å². The van der Waals surface area contributed by atoms with E-state index >= 15 is 0 Å². The molecular formula is C19H23N3O. The molecule has 1 N–H and O–H groups in total. The SMILES string of the molecule is CN1CCC(C(=O)NC(c2ccccc2)c2ccncc2)CC1. The quantitative estimate of drug-likeness (QED) is 0.944. The van der Waals surface area contributed by atoms with Crippen LogP contribution in [-0.4, -0.2) is 35.9 Å². The van der Waals surface area contributed by atoms with E-state index in [0.29, 0.717) is 0 Å². The monoisotopic (exact) mass is 309 g/mol. The minimum absolute atomic E-state index is 0.110. The number of nitrogens with zero attached hydrogens (tertiary/aromatic N) is 2. The first-order valence-corrected chi connectivity index (χ1v) is 8.18. The number of aromatic nitrogens is 1. The van der Waals surface area contributed by atoms with Crippen LogP contribution in [0.1, 0.15) is 30.0 Å². The van der Waals surface area contributed by atoms with Gasteiger partial charge in [-0.1, -0.05) is 30.3 Å². The fourth-order valence-corrected chi connectivity index (χ4v) is 3.09. The Balaban J connectivity index is 1.78. The minimum atomic E-state index is -0.119. The van der Waals surface area contributed by atoms with Gasteiger partial charge < -0.3 is 10.2 Å². The van der Waals surface area contributed by atoms with Gasteiger partial charge in [-0.05, 0) is 56.2 Å². The number of piperidine rings is 1. The number of rotatable bonds is 4. The molecule has 0 aliphatic carbocycles. The van der Waals surface area contributed by atoms with Crippen LogP contribution in [0.15, 0.2) is 54.9 Å². The molecule has 1 unspecified atom stereocenters. The predicted octanol–water partition coefficient (Wildman–Crippen LogP) is 2.63.